The maximum atomic E-state index is 11.2. The highest BCUT2D eigenvalue weighted by Gasteiger charge is 2.25. The summed E-state index contributed by atoms with van der Waals surface area (Å²) in [6.45, 7) is 0.925. The number of amides is 1. The van der Waals surface area contributed by atoms with Crippen molar-refractivity contribution in [2.75, 3.05) is 12.4 Å². The van der Waals surface area contributed by atoms with Crippen LogP contribution in [0.4, 0.5) is 0 Å². The molecule has 0 bridgehead atoms. The van der Waals surface area contributed by atoms with Gasteiger partial charge in [0.15, 0.2) is 0 Å². The second-order valence-corrected chi connectivity index (χ2v) is 5.34. The summed E-state index contributed by atoms with van der Waals surface area (Å²) in [5, 5.41) is 5.62. The highest BCUT2D eigenvalue weighted by molar-refractivity contribution is 8.02. The van der Waals surface area contributed by atoms with E-state index in [4.69, 9.17) is 5.73 Å². The third kappa shape index (κ3) is 2.00. The number of rotatable bonds is 2. The Balaban J connectivity index is 1.95. The van der Waals surface area contributed by atoms with Crippen molar-refractivity contribution in [3.05, 3.63) is 46.5 Å². The van der Waals surface area contributed by atoms with Crippen LogP contribution >= 0.6 is 11.8 Å². The molecule has 2 aliphatic rings. The zero-order valence-corrected chi connectivity index (χ0v) is 10.7. The van der Waals surface area contributed by atoms with Crippen molar-refractivity contribution < 1.29 is 4.79 Å². The first-order valence-corrected chi connectivity index (χ1v) is 7.00. The fourth-order valence-corrected chi connectivity index (χ4v) is 3.18. The maximum Gasteiger partial charge on any atom is 0.248 e. The highest BCUT2D eigenvalue weighted by Crippen LogP contribution is 2.31. The van der Waals surface area contributed by atoms with Gasteiger partial charge in [0.1, 0.15) is 6.17 Å². The Morgan fingerprint density at radius 2 is 2.39 bits per heavy atom. The fourth-order valence-electron chi connectivity index (χ4n) is 2.45. The van der Waals surface area contributed by atoms with Gasteiger partial charge >= 0.3 is 0 Å². The molecule has 0 saturated heterocycles. The smallest absolute Gasteiger partial charge is 0.248 e. The van der Waals surface area contributed by atoms with Crippen LogP contribution in [0.5, 0.6) is 0 Å². The van der Waals surface area contributed by atoms with Gasteiger partial charge in [-0.15, -0.1) is 11.8 Å². The summed E-state index contributed by atoms with van der Waals surface area (Å²) >= 11 is 1.79. The van der Waals surface area contributed by atoms with Gasteiger partial charge in [0, 0.05) is 18.3 Å². The Labute approximate surface area is 110 Å². The first-order chi connectivity index (χ1) is 8.75. The maximum absolute atomic E-state index is 11.2. The lowest BCUT2D eigenvalue weighted by Gasteiger charge is -2.34. The predicted molar refractivity (Wildman–Crippen MR) is 72.8 cm³/mol. The molecule has 5 heteroatoms. The SMILES string of the molecule is NC(=O)c1ccc2c(c1)CCNC2N1C=CSC1. The van der Waals surface area contributed by atoms with E-state index in [-0.39, 0.29) is 12.1 Å². The zero-order valence-electron chi connectivity index (χ0n) is 9.93. The number of carbonyl (C=O) groups excluding carboxylic acids is 1. The molecule has 18 heavy (non-hydrogen) atoms. The summed E-state index contributed by atoms with van der Waals surface area (Å²) in [6.07, 6.45) is 3.26. The Morgan fingerprint density at radius 3 is 3.11 bits per heavy atom. The van der Waals surface area contributed by atoms with Crippen LogP contribution in [0, 0.1) is 0 Å². The quantitative estimate of drug-likeness (QED) is 0.845. The van der Waals surface area contributed by atoms with Crippen LogP contribution in [0.25, 0.3) is 0 Å². The largest absolute Gasteiger partial charge is 0.366 e. The molecule has 0 aromatic heterocycles. The van der Waals surface area contributed by atoms with E-state index in [1.807, 2.05) is 18.2 Å². The number of hydrogen-bond donors (Lipinski definition) is 2. The van der Waals surface area contributed by atoms with E-state index in [9.17, 15) is 4.79 Å². The summed E-state index contributed by atoms with van der Waals surface area (Å²) in [7, 11) is 0. The molecule has 3 N–H and O–H groups in total. The number of nitrogens with zero attached hydrogens (tertiary/aromatic N) is 1. The molecular formula is C13H15N3OS. The van der Waals surface area contributed by atoms with Crippen molar-refractivity contribution in [1.82, 2.24) is 10.2 Å². The lowest BCUT2D eigenvalue weighted by molar-refractivity contribution is 0.1000. The van der Waals surface area contributed by atoms with Gasteiger partial charge in [0.05, 0.1) is 5.88 Å². The molecule has 1 aromatic carbocycles. The van der Waals surface area contributed by atoms with Crippen LogP contribution in [-0.4, -0.2) is 23.2 Å². The number of primary amides is 1. The van der Waals surface area contributed by atoms with Gasteiger partial charge in [-0.3, -0.25) is 10.1 Å². The Bertz CT molecular complexity index is 515. The molecule has 1 amide bonds. The standard InChI is InChI=1S/C13H15N3OS/c14-12(17)10-1-2-11-9(7-10)3-4-15-13(11)16-5-6-18-8-16/h1-2,5-7,13,15H,3-4,8H2,(H2,14,17). The first kappa shape index (κ1) is 11.6. The second kappa shape index (κ2) is 4.66. The van der Waals surface area contributed by atoms with Gasteiger partial charge in [-0.2, -0.15) is 0 Å². The number of carbonyl (C=O) groups is 1. The minimum Gasteiger partial charge on any atom is -0.366 e. The molecule has 0 fully saturated rings. The van der Waals surface area contributed by atoms with Crippen LogP contribution in [0.1, 0.15) is 27.7 Å². The van der Waals surface area contributed by atoms with Crippen LogP contribution in [0.2, 0.25) is 0 Å². The van der Waals surface area contributed by atoms with E-state index in [1.165, 1.54) is 11.1 Å². The van der Waals surface area contributed by atoms with E-state index in [0.717, 1.165) is 18.8 Å². The molecule has 4 nitrogen and oxygen atoms in total. The summed E-state index contributed by atoms with van der Waals surface area (Å²) in [5.74, 6) is 0.610. The first-order valence-electron chi connectivity index (χ1n) is 5.96. The minimum atomic E-state index is -0.357. The van der Waals surface area contributed by atoms with Crippen molar-refractivity contribution in [3.63, 3.8) is 0 Å². The number of nitrogens with one attached hydrogen (secondary N) is 1. The third-order valence-corrected chi connectivity index (χ3v) is 4.12. The minimum absolute atomic E-state index is 0.210. The number of benzene rings is 1. The van der Waals surface area contributed by atoms with E-state index in [2.05, 4.69) is 21.8 Å². The van der Waals surface area contributed by atoms with E-state index < -0.39 is 0 Å². The van der Waals surface area contributed by atoms with E-state index in [1.54, 1.807) is 11.8 Å². The normalized spacial score (nSPS) is 22.0. The van der Waals surface area contributed by atoms with Crippen LogP contribution in [0.3, 0.4) is 0 Å². The van der Waals surface area contributed by atoms with Gasteiger partial charge in [-0.25, -0.2) is 0 Å². The summed E-state index contributed by atoms with van der Waals surface area (Å²) in [4.78, 5) is 13.5. The predicted octanol–water partition coefficient (Wildman–Crippen LogP) is 1.41. The Kier molecular flexibility index (Phi) is 3.01. The summed E-state index contributed by atoms with van der Waals surface area (Å²) in [5.41, 5.74) is 8.39. The third-order valence-electron chi connectivity index (χ3n) is 3.36. The number of fused-ring (bicyclic) bond motifs is 1. The van der Waals surface area contributed by atoms with Crippen LogP contribution in [-0.2, 0) is 6.42 Å². The van der Waals surface area contributed by atoms with Crippen LogP contribution in [0.15, 0.2) is 29.8 Å². The summed E-state index contributed by atoms with van der Waals surface area (Å²) in [6, 6.07) is 5.76. The van der Waals surface area contributed by atoms with Gasteiger partial charge < -0.3 is 10.6 Å². The average molecular weight is 261 g/mol. The second-order valence-electron chi connectivity index (χ2n) is 4.48. The molecular weight excluding hydrogens is 246 g/mol. The highest BCUT2D eigenvalue weighted by atomic mass is 32.2. The molecule has 0 radical (unpaired) electrons. The van der Waals surface area contributed by atoms with Crippen LogP contribution < -0.4 is 11.1 Å². The Morgan fingerprint density at radius 1 is 1.50 bits per heavy atom. The van der Waals surface area contributed by atoms with Gasteiger partial charge in [0.2, 0.25) is 5.91 Å². The van der Waals surface area contributed by atoms with Crippen molar-refractivity contribution in [3.8, 4) is 0 Å². The van der Waals surface area contributed by atoms with Crippen molar-refractivity contribution >= 4 is 17.7 Å². The molecule has 1 unspecified atom stereocenters. The van der Waals surface area contributed by atoms with E-state index in [0.29, 0.717) is 5.56 Å². The molecule has 1 aromatic rings. The molecule has 3 rings (SSSR count). The van der Waals surface area contributed by atoms with Crippen molar-refractivity contribution in [1.29, 1.82) is 0 Å². The molecule has 1 atom stereocenters. The molecule has 2 aliphatic heterocycles. The van der Waals surface area contributed by atoms with Crippen molar-refractivity contribution in [2.24, 2.45) is 5.73 Å². The fraction of sp³-hybridized carbons (Fsp3) is 0.308. The zero-order chi connectivity index (χ0) is 12.5. The van der Waals surface area contributed by atoms with Gasteiger partial charge in [-0.1, -0.05) is 6.07 Å². The van der Waals surface area contributed by atoms with E-state index >= 15 is 0 Å². The number of hydrogen-bond acceptors (Lipinski definition) is 4. The molecule has 94 valence electrons. The van der Waals surface area contributed by atoms with Gasteiger partial charge in [0.25, 0.3) is 0 Å². The average Bonchev–Trinajstić information content (AvgIpc) is 2.91. The number of thioether (sulfide) groups is 1. The number of nitrogens with two attached hydrogens (primary N) is 1. The lowest BCUT2D eigenvalue weighted by atomic mass is 9.95. The lowest BCUT2D eigenvalue weighted by Crippen LogP contribution is -2.39. The Hall–Kier alpha value is -1.46. The molecule has 0 saturated carbocycles. The van der Waals surface area contributed by atoms with Gasteiger partial charge in [-0.05, 0) is 35.1 Å². The van der Waals surface area contributed by atoms with Crippen molar-refractivity contribution in [2.45, 2.75) is 12.6 Å². The monoisotopic (exact) mass is 261 g/mol. The summed E-state index contributed by atoms with van der Waals surface area (Å²) < 4.78 is 0. The molecule has 2 heterocycles. The topological polar surface area (TPSA) is 58.4 Å². The molecule has 0 spiro atoms. The molecule has 0 aliphatic carbocycles.